The summed E-state index contributed by atoms with van der Waals surface area (Å²) in [5.74, 6) is 2.94. The molecule has 1 aromatic heterocycles. The van der Waals surface area contributed by atoms with Gasteiger partial charge in [0.25, 0.3) is 0 Å². The number of hydrogen-bond acceptors (Lipinski definition) is 4. The van der Waals surface area contributed by atoms with Crippen LogP contribution in [0.5, 0.6) is 11.5 Å². The third kappa shape index (κ3) is 3.93. The maximum atomic E-state index is 12.7. The summed E-state index contributed by atoms with van der Waals surface area (Å²) in [5.41, 5.74) is 5.14. The molecule has 0 amide bonds. The molecule has 1 aliphatic heterocycles. The fraction of sp³-hybridized carbons (Fsp3) is 0.440. The van der Waals surface area contributed by atoms with Crippen LogP contribution in [0.2, 0.25) is 0 Å². The molecule has 29 heavy (non-hydrogen) atoms. The number of benzene rings is 1. The second-order valence-electron chi connectivity index (χ2n) is 8.54. The van der Waals surface area contributed by atoms with Crippen LogP contribution < -0.4 is 9.47 Å². The highest BCUT2D eigenvalue weighted by Gasteiger charge is 2.28. The molecule has 3 aliphatic rings. The van der Waals surface area contributed by atoms with E-state index in [4.69, 9.17) is 14.5 Å². The summed E-state index contributed by atoms with van der Waals surface area (Å²) >= 11 is 0. The third-order valence-corrected chi connectivity index (χ3v) is 6.55. The van der Waals surface area contributed by atoms with Crippen LogP contribution in [0.3, 0.4) is 0 Å². The zero-order chi connectivity index (χ0) is 19.6. The molecule has 2 aliphatic carbocycles. The van der Waals surface area contributed by atoms with Gasteiger partial charge in [-0.05, 0) is 72.9 Å². The second-order valence-corrected chi connectivity index (χ2v) is 8.54. The fourth-order valence-corrected chi connectivity index (χ4v) is 5.06. The summed E-state index contributed by atoms with van der Waals surface area (Å²) in [7, 11) is 0. The van der Waals surface area contributed by atoms with Gasteiger partial charge in [-0.2, -0.15) is 0 Å². The molecule has 0 spiro atoms. The molecule has 1 saturated carbocycles. The van der Waals surface area contributed by atoms with Crippen molar-refractivity contribution in [3.63, 3.8) is 0 Å². The number of pyridine rings is 1. The van der Waals surface area contributed by atoms with Crippen molar-refractivity contribution in [3.05, 3.63) is 58.9 Å². The number of allylic oxidation sites excluding steroid dienone is 1. The monoisotopic (exact) mass is 389 g/mol. The molecule has 0 radical (unpaired) electrons. The Hall–Kier alpha value is -2.62. The van der Waals surface area contributed by atoms with E-state index in [0.29, 0.717) is 30.5 Å². The Morgan fingerprint density at radius 2 is 2.07 bits per heavy atom. The lowest BCUT2D eigenvalue weighted by molar-refractivity contribution is -0.120. The van der Waals surface area contributed by atoms with Crippen molar-refractivity contribution in [1.82, 2.24) is 4.98 Å². The van der Waals surface area contributed by atoms with Crippen LogP contribution >= 0.6 is 0 Å². The van der Waals surface area contributed by atoms with Crippen molar-refractivity contribution < 1.29 is 14.3 Å². The van der Waals surface area contributed by atoms with Gasteiger partial charge in [-0.1, -0.05) is 24.6 Å². The van der Waals surface area contributed by atoms with E-state index >= 15 is 0 Å². The first-order chi connectivity index (χ1) is 14.3. The fourth-order valence-electron chi connectivity index (χ4n) is 5.06. The number of fused-ring (bicyclic) bond motifs is 2. The van der Waals surface area contributed by atoms with E-state index in [1.807, 2.05) is 24.4 Å². The first kappa shape index (κ1) is 18.4. The average Bonchev–Trinajstić information content (AvgIpc) is 3.41. The van der Waals surface area contributed by atoms with Crippen LogP contribution in [0.15, 0.2) is 36.5 Å². The third-order valence-electron chi connectivity index (χ3n) is 6.55. The van der Waals surface area contributed by atoms with Crippen LogP contribution in [0.25, 0.3) is 6.08 Å². The summed E-state index contributed by atoms with van der Waals surface area (Å²) in [6.45, 7) is 0.288. The van der Waals surface area contributed by atoms with Crippen molar-refractivity contribution in [2.45, 2.75) is 57.3 Å². The van der Waals surface area contributed by atoms with E-state index in [9.17, 15) is 4.79 Å². The van der Waals surface area contributed by atoms with E-state index in [0.717, 1.165) is 42.7 Å². The molecule has 2 aromatic rings. The zero-order valence-electron chi connectivity index (χ0n) is 16.7. The summed E-state index contributed by atoms with van der Waals surface area (Å²) in [6.07, 6.45) is 14.2. The highest BCUT2D eigenvalue weighted by atomic mass is 16.7. The van der Waals surface area contributed by atoms with Gasteiger partial charge in [-0.15, -0.1) is 0 Å². The van der Waals surface area contributed by atoms with Gasteiger partial charge in [0, 0.05) is 25.0 Å². The molecule has 5 rings (SSSR count). The number of ketones is 1. The van der Waals surface area contributed by atoms with Gasteiger partial charge in [0.1, 0.15) is 5.78 Å². The van der Waals surface area contributed by atoms with E-state index < -0.39 is 0 Å². The normalized spacial score (nSPS) is 21.9. The molecule has 2 unspecified atom stereocenters. The quantitative estimate of drug-likeness (QED) is 0.677. The van der Waals surface area contributed by atoms with Crippen LogP contribution in [0.4, 0.5) is 0 Å². The number of rotatable bonds is 6. The highest BCUT2D eigenvalue weighted by Crippen LogP contribution is 2.40. The van der Waals surface area contributed by atoms with Gasteiger partial charge in [0.05, 0.1) is 5.69 Å². The second kappa shape index (κ2) is 8.02. The van der Waals surface area contributed by atoms with Crippen molar-refractivity contribution >= 4 is 11.9 Å². The minimum atomic E-state index is 0.288. The number of hydrogen-bond donors (Lipinski definition) is 0. The summed E-state index contributed by atoms with van der Waals surface area (Å²) < 4.78 is 10.8. The summed E-state index contributed by atoms with van der Waals surface area (Å²) in [4.78, 5) is 17.4. The van der Waals surface area contributed by atoms with Crippen molar-refractivity contribution in [2.24, 2.45) is 5.92 Å². The molecule has 150 valence electrons. The molecule has 0 bridgehead atoms. The van der Waals surface area contributed by atoms with E-state index in [-0.39, 0.29) is 6.79 Å². The van der Waals surface area contributed by atoms with Gasteiger partial charge in [-0.3, -0.25) is 9.78 Å². The molecule has 0 saturated heterocycles. The van der Waals surface area contributed by atoms with Gasteiger partial charge in [0.15, 0.2) is 11.5 Å². The Labute approximate surface area is 171 Å². The lowest BCUT2D eigenvalue weighted by Gasteiger charge is -2.29. The molecular weight excluding hydrogens is 362 g/mol. The Balaban J connectivity index is 1.17. The predicted molar refractivity (Wildman–Crippen MR) is 112 cm³/mol. The standard InChI is InChI=1S/C25H27NO3/c27-21(9-7-17-8-10-23-24(15-17)29-16-28-23)14-18-3-1-5-20(13-18)25-22-6-2-4-19(22)11-12-26-25/h2,6,8,10-12,15,18,20H,1,3-5,7,9,13-14,16H2. The van der Waals surface area contributed by atoms with Crippen molar-refractivity contribution in [1.29, 1.82) is 0 Å². The number of ether oxygens (including phenoxy) is 2. The number of nitrogens with zero attached hydrogens (tertiary/aromatic N) is 1. The van der Waals surface area contributed by atoms with E-state index in [1.165, 1.54) is 29.7 Å². The lowest BCUT2D eigenvalue weighted by atomic mass is 9.76. The number of Topliss-reactive ketones (excluding diaryl/α,β-unsaturated/α-hetero) is 1. The van der Waals surface area contributed by atoms with Crippen molar-refractivity contribution in [2.75, 3.05) is 6.79 Å². The van der Waals surface area contributed by atoms with Crippen LogP contribution in [-0.4, -0.2) is 17.6 Å². The van der Waals surface area contributed by atoms with Gasteiger partial charge in [-0.25, -0.2) is 0 Å². The maximum absolute atomic E-state index is 12.7. The molecule has 2 atom stereocenters. The Kier molecular flexibility index (Phi) is 5.09. The van der Waals surface area contributed by atoms with Crippen LogP contribution in [-0.2, 0) is 17.6 Å². The Bertz CT molecular complexity index is 949. The van der Waals surface area contributed by atoms with Gasteiger partial charge in [0.2, 0.25) is 6.79 Å². The minimum absolute atomic E-state index is 0.288. The van der Waals surface area contributed by atoms with Crippen LogP contribution in [0, 0.1) is 5.92 Å². The SMILES string of the molecule is O=C(CCc1ccc2c(c1)OCO2)CC1CCCC(c2nccc3c2C=CC3)C1. The largest absolute Gasteiger partial charge is 0.454 e. The Morgan fingerprint density at radius 3 is 3.03 bits per heavy atom. The zero-order valence-corrected chi connectivity index (χ0v) is 16.7. The number of carbonyl (C=O) groups excluding carboxylic acids is 1. The maximum Gasteiger partial charge on any atom is 0.231 e. The number of carbonyl (C=O) groups is 1. The number of aryl methyl sites for hydroxylation is 1. The topological polar surface area (TPSA) is 48.4 Å². The van der Waals surface area contributed by atoms with Crippen LogP contribution in [0.1, 0.15) is 66.8 Å². The van der Waals surface area contributed by atoms with E-state index in [2.05, 4.69) is 18.2 Å². The molecule has 4 heteroatoms. The number of aromatic nitrogens is 1. The molecule has 2 heterocycles. The van der Waals surface area contributed by atoms with Crippen molar-refractivity contribution in [3.8, 4) is 11.5 Å². The molecule has 1 aromatic carbocycles. The first-order valence-corrected chi connectivity index (χ1v) is 10.8. The average molecular weight is 389 g/mol. The smallest absolute Gasteiger partial charge is 0.231 e. The van der Waals surface area contributed by atoms with Gasteiger partial charge < -0.3 is 9.47 Å². The molecular formula is C25H27NO3. The minimum Gasteiger partial charge on any atom is -0.454 e. The first-order valence-electron chi connectivity index (χ1n) is 10.8. The Morgan fingerprint density at radius 1 is 1.14 bits per heavy atom. The highest BCUT2D eigenvalue weighted by molar-refractivity contribution is 5.79. The predicted octanol–water partition coefficient (Wildman–Crippen LogP) is 5.25. The summed E-state index contributed by atoms with van der Waals surface area (Å²) in [5, 5.41) is 0. The molecule has 4 nitrogen and oxygen atoms in total. The van der Waals surface area contributed by atoms with E-state index in [1.54, 1.807) is 0 Å². The molecule has 0 N–H and O–H groups in total. The lowest BCUT2D eigenvalue weighted by Crippen LogP contribution is -2.19. The summed E-state index contributed by atoms with van der Waals surface area (Å²) in [6, 6.07) is 8.11. The van der Waals surface area contributed by atoms with Gasteiger partial charge >= 0.3 is 0 Å². The molecule has 1 fully saturated rings.